The molecule has 0 fully saturated rings. The number of Topliss-reactive ketones (excluding diaryl/α,β-unsaturated/α-hetero) is 1. The lowest BCUT2D eigenvalue weighted by molar-refractivity contribution is 0.106. The van der Waals surface area contributed by atoms with Crippen molar-refractivity contribution in [3.63, 3.8) is 0 Å². The average molecular weight is 255 g/mol. The van der Waals surface area contributed by atoms with Crippen molar-refractivity contribution < 1.29 is 9.00 Å². The minimum Gasteiger partial charge on any atom is -0.286 e. The first-order valence-electron chi connectivity index (χ1n) is 5.46. The highest BCUT2D eigenvalue weighted by molar-refractivity contribution is 8.03. The van der Waals surface area contributed by atoms with Crippen LogP contribution in [0.4, 0.5) is 5.69 Å². The van der Waals surface area contributed by atoms with E-state index in [1.165, 1.54) is 0 Å². The molecule has 0 spiro atoms. The summed E-state index contributed by atoms with van der Waals surface area (Å²) in [7, 11) is -1.47. The summed E-state index contributed by atoms with van der Waals surface area (Å²) in [5, 5.41) is 0.113. The number of rotatable bonds is 2. The number of nitrogens with zero attached hydrogens (tertiary/aromatic N) is 1. The molecule has 1 aliphatic rings. The van der Waals surface area contributed by atoms with Crippen LogP contribution in [0.2, 0.25) is 0 Å². The van der Waals surface area contributed by atoms with Gasteiger partial charge in [-0.15, -0.1) is 0 Å². The highest BCUT2D eigenvalue weighted by Gasteiger charge is 2.28. The number of carbonyl (C=O) groups excluding carboxylic acids is 1. The van der Waals surface area contributed by atoms with Crippen molar-refractivity contribution in [1.29, 1.82) is 0 Å². The van der Waals surface area contributed by atoms with Gasteiger partial charge in [-0.3, -0.25) is 4.79 Å². The molecule has 1 unspecified atom stereocenters. The maximum absolute atomic E-state index is 12.2. The van der Waals surface area contributed by atoms with Crippen molar-refractivity contribution in [2.75, 3.05) is 0 Å². The van der Waals surface area contributed by atoms with E-state index in [9.17, 15) is 9.00 Å². The molecular weight excluding hydrogens is 246 g/mol. The van der Waals surface area contributed by atoms with Gasteiger partial charge in [-0.25, -0.2) is 9.20 Å². The number of ketones is 1. The quantitative estimate of drug-likeness (QED) is 0.774. The molecule has 0 radical (unpaired) electrons. The van der Waals surface area contributed by atoms with Gasteiger partial charge in [-0.2, -0.15) is 0 Å². The lowest BCUT2D eigenvalue weighted by Gasteiger charge is -1.99. The van der Waals surface area contributed by atoms with Crippen molar-refractivity contribution in [2.24, 2.45) is 4.99 Å². The molecule has 0 N–H and O–H groups in total. The van der Waals surface area contributed by atoms with Gasteiger partial charge in [-0.05, 0) is 12.1 Å². The molecule has 0 amide bonds. The number of aliphatic imine (C=N–C) groups is 1. The predicted molar refractivity (Wildman–Crippen MR) is 70.7 cm³/mol. The van der Waals surface area contributed by atoms with Crippen molar-refractivity contribution in [3.05, 3.63) is 60.2 Å². The van der Waals surface area contributed by atoms with Crippen molar-refractivity contribution in [2.45, 2.75) is 4.90 Å². The summed E-state index contributed by atoms with van der Waals surface area (Å²) >= 11 is 0. The number of para-hydroxylation sites is 1. The molecule has 1 aliphatic heterocycles. The zero-order valence-electron chi connectivity index (χ0n) is 9.37. The monoisotopic (exact) mass is 255 g/mol. The number of hydrogen-bond donors (Lipinski definition) is 0. The molecule has 0 aromatic heterocycles. The third-order valence-corrected chi connectivity index (χ3v) is 4.07. The normalized spacial score (nSPS) is 17.1. The minimum absolute atomic E-state index is 0.113. The Kier molecular flexibility index (Phi) is 2.64. The SMILES string of the molecule is O=C(C1=Nc2ccccc2S1=O)c1ccccc1. The van der Waals surface area contributed by atoms with E-state index >= 15 is 0 Å². The number of hydrogen-bond acceptors (Lipinski definition) is 3. The third kappa shape index (κ3) is 1.71. The Balaban J connectivity index is 2.02. The van der Waals surface area contributed by atoms with E-state index < -0.39 is 10.8 Å². The first-order chi connectivity index (χ1) is 8.77. The molecule has 18 heavy (non-hydrogen) atoms. The lowest BCUT2D eigenvalue weighted by atomic mass is 10.1. The van der Waals surface area contributed by atoms with Gasteiger partial charge >= 0.3 is 0 Å². The third-order valence-electron chi connectivity index (χ3n) is 2.69. The Hall–Kier alpha value is -2.07. The fourth-order valence-electron chi connectivity index (χ4n) is 1.81. The second kappa shape index (κ2) is 4.31. The first-order valence-corrected chi connectivity index (χ1v) is 6.61. The molecule has 88 valence electrons. The van der Waals surface area contributed by atoms with E-state index in [-0.39, 0.29) is 10.8 Å². The Morgan fingerprint density at radius 1 is 0.944 bits per heavy atom. The van der Waals surface area contributed by atoms with E-state index in [0.717, 1.165) is 0 Å². The summed E-state index contributed by atoms with van der Waals surface area (Å²) in [5.41, 5.74) is 1.13. The summed E-state index contributed by atoms with van der Waals surface area (Å²) in [6, 6.07) is 15.9. The zero-order valence-corrected chi connectivity index (χ0v) is 10.2. The first kappa shape index (κ1) is 11.0. The molecule has 0 bridgehead atoms. The standard InChI is InChI=1S/C14H9NO2S/c16-13(10-6-2-1-3-7-10)14-15-11-8-4-5-9-12(11)18(14)17/h1-9H. The van der Waals surface area contributed by atoms with E-state index in [0.29, 0.717) is 16.1 Å². The highest BCUT2D eigenvalue weighted by atomic mass is 32.2. The van der Waals surface area contributed by atoms with E-state index in [1.54, 1.807) is 42.5 Å². The molecule has 0 saturated carbocycles. The summed E-state index contributed by atoms with van der Waals surface area (Å²) in [6.07, 6.45) is 0. The average Bonchev–Trinajstić information content (AvgIpc) is 2.77. The molecule has 0 saturated heterocycles. The Bertz CT molecular complexity index is 677. The largest absolute Gasteiger partial charge is 0.286 e. The van der Waals surface area contributed by atoms with Crippen LogP contribution >= 0.6 is 0 Å². The zero-order chi connectivity index (χ0) is 12.5. The van der Waals surface area contributed by atoms with Gasteiger partial charge in [-0.1, -0.05) is 42.5 Å². The Morgan fingerprint density at radius 3 is 2.33 bits per heavy atom. The molecule has 1 heterocycles. The maximum Gasteiger partial charge on any atom is 0.220 e. The molecule has 2 aromatic carbocycles. The van der Waals surface area contributed by atoms with Gasteiger partial charge in [0.05, 0.1) is 10.6 Å². The van der Waals surface area contributed by atoms with Crippen LogP contribution in [0, 0.1) is 0 Å². The fraction of sp³-hybridized carbons (Fsp3) is 0. The molecule has 2 aromatic rings. The maximum atomic E-state index is 12.2. The van der Waals surface area contributed by atoms with Crippen LogP contribution in [0.5, 0.6) is 0 Å². The van der Waals surface area contributed by atoms with E-state index in [2.05, 4.69) is 4.99 Å². The van der Waals surface area contributed by atoms with Crippen LogP contribution < -0.4 is 0 Å². The summed E-state index contributed by atoms with van der Waals surface area (Å²) in [4.78, 5) is 17.0. The lowest BCUT2D eigenvalue weighted by Crippen LogP contribution is -2.16. The summed E-state index contributed by atoms with van der Waals surface area (Å²) in [5.74, 6) is -0.273. The van der Waals surface area contributed by atoms with E-state index in [4.69, 9.17) is 0 Å². The molecule has 1 atom stereocenters. The highest BCUT2D eigenvalue weighted by Crippen LogP contribution is 2.30. The Labute approximate surface area is 107 Å². The van der Waals surface area contributed by atoms with Gasteiger partial charge in [0.25, 0.3) is 0 Å². The smallest absolute Gasteiger partial charge is 0.220 e. The number of benzene rings is 2. The van der Waals surface area contributed by atoms with Crippen LogP contribution in [-0.4, -0.2) is 15.0 Å². The van der Waals surface area contributed by atoms with Crippen molar-refractivity contribution in [1.82, 2.24) is 0 Å². The van der Waals surface area contributed by atoms with Gasteiger partial charge in [0.2, 0.25) is 5.78 Å². The van der Waals surface area contributed by atoms with Gasteiger partial charge < -0.3 is 0 Å². The van der Waals surface area contributed by atoms with Gasteiger partial charge in [0, 0.05) is 5.56 Å². The second-order valence-corrected chi connectivity index (χ2v) is 5.21. The summed E-state index contributed by atoms with van der Waals surface area (Å²) < 4.78 is 12.2. The number of carbonyl (C=O) groups is 1. The van der Waals surface area contributed by atoms with Gasteiger partial charge in [0.15, 0.2) is 5.04 Å². The van der Waals surface area contributed by atoms with Crippen molar-refractivity contribution in [3.8, 4) is 0 Å². The summed E-state index contributed by atoms with van der Waals surface area (Å²) in [6.45, 7) is 0. The molecule has 4 heteroatoms. The van der Waals surface area contributed by atoms with Crippen molar-refractivity contribution >= 4 is 27.3 Å². The predicted octanol–water partition coefficient (Wildman–Crippen LogP) is 2.72. The van der Waals surface area contributed by atoms with Crippen LogP contribution in [0.25, 0.3) is 0 Å². The molecule has 3 nitrogen and oxygen atoms in total. The molecular formula is C14H9NO2S. The van der Waals surface area contributed by atoms with Crippen LogP contribution in [-0.2, 0) is 10.8 Å². The second-order valence-electron chi connectivity index (χ2n) is 3.85. The van der Waals surface area contributed by atoms with Crippen LogP contribution in [0.1, 0.15) is 10.4 Å². The van der Waals surface area contributed by atoms with Crippen LogP contribution in [0.3, 0.4) is 0 Å². The molecule has 0 aliphatic carbocycles. The van der Waals surface area contributed by atoms with Gasteiger partial charge in [0.1, 0.15) is 10.8 Å². The molecule has 3 rings (SSSR count). The number of fused-ring (bicyclic) bond motifs is 1. The topological polar surface area (TPSA) is 46.5 Å². The fourth-order valence-corrected chi connectivity index (χ4v) is 2.99. The van der Waals surface area contributed by atoms with Crippen LogP contribution in [0.15, 0.2) is 64.5 Å². The van der Waals surface area contributed by atoms with E-state index in [1.807, 2.05) is 12.1 Å². The minimum atomic E-state index is -1.47. The Morgan fingerprint density at radius 2 is 1.61 bits per heavy atom.